The van der Waals surface area contributed by atoms with Gasteiger partial charge in [-0.05, 0) is 12.1 Å². The van der Waals surface area contributed by atoms with Crippen LogP contribution in [0.3, 0.4) is 0 Å². The fourth-order valence-corrected chi connectivity index (χ4v) is 1.79. The number of carbonyl (C=O) groups is 1. The van der Waals surface area contributed by atoms with Gasteiger partial charge in [-0.3, -0.25) is 14.2 Å². The molecule has 0 fully saturated rings. The maximum atomic E-state index is 12.0. The number of hydrogen-bond acceptors (Lipinski definition) is 3. The highest BCUT2D eigenvalue weighted by atomic mass is 35.5. The molecular formula is C11H9ClN2O3. The molecule has 0 aliphatic heterocycles. The summed E-state index contributed by atoms with van der Waals surface area (Å²) in [5.74, 6) is -0.962. The first-order chi connectivity index (χ1) is 8.09. The minimum Gasteiger partial charge on any atom is -0.481 e. The van der Waals surface area contributed by atoms with Gasteiger partial charge in [0.2, 0.25) is 0 Å². The standard InChI is InChI=1S/C11H9ClN2O3/c12-7-2-1-3-8-10(7)11(17)14(6-13-8)5-4-9(15)16/h1-3,6H,4-5H2,(H,15,16). The van der Waals surface area contributed by atoms with E-state index in [0.717, 1.165) is 0 Å². The Balaban J connectivity index is 2.53. The second-order valence-electron chi connectivity index (χ2n) is 3.52. The number of halogens is 1. The van der Waals surface area contributed by atoms with E-state index in [2.05, 4.69) is 4.98 Å². The molecule has 0 atom stereocenters. The van der Waals surface area contributed by atoms with Gasteiger partial charge >= 0.3 is 5.97 Å². The quantitative estimate of drug-likeness (QED) is 0.899. The van der Waals surface area contributed by atoms with Gasteiger partial charge in [0.15, 0.2) is 0 Å². The van der Waals surface area contributed by atoms with E-state index in [1.807, 2.05) is 0 Å². The number of aromatic nitrogens is 2. The molecule has 88 valence electrons. The Bertz CT molecular complexity index is 636. The number of aliphatic carboxylic acids is 1. The smallest absolute Gasteiger partial charge is 0.305 e. The molecule has 0 aliphatic carbocycles. The van der Waals surface area contributed by atoms with Crippen LogP contribution in [0.4, 0.5) is 0 Å². The van der Waals surface area contributed by atoms with Gasteiger partial charge in [0.25, 0.3) is 5.56 Å². The maximum Gasteiger partial charge on any atom is 0.305 e. The van der Waals surface area contributed by atoms with E-state index in [9.17, 15) is 9.59 Å². The number of carboxylic acid groups (broad SMARTS) is 1. The van der Waals surface area contributed by atoms with Crippen LogP contribution >= 0.6 is 11.6 Å². The summed E-state index contributed by atoms with van der Waals surface area (Å²) in [5, 5.41) is 9.22. The highest BCUT2D eigenvalue weighted by molar-refractivity contribution is 6.35. The fourth-order valence-electron chi connectivity index (χ4n) is 1.54. The minimum absolute atomic E-state index is 0.0856. The second-order valence-corrected chi connectivity index (χ2v) is 3.93. The largest absolute Gasteiger partial charge is 0.481 e. The predicted octanol–water partition coefficient (Wildman–Crippen LogP) is 1.52. The summed E-state index contributed by atoms with van der Waals surface area (Å²) in [7, 11) is 0. The number of aryl methyl sites for hydroxylation is 1. The molecule has 0 amide bonds. The average Bonchev–Trinajstić information content (AvgIpc) is 2.28. The molecule has 1 aromatic carbocycles. The number of nitrogens with zero attached hydrogens (tertiary/aromatic N) is 2. The number of carboxylic acids is 1. The lowest BCUT2D eigenvalue weighted by Gasteiger charge is -2.05. The van der Waals surface area contributed by atoms with Crippen LogP contribution in [0.1, 0.15) is 6.42 Å². The molecule has 0 spiro atoms. The van der Waals surface area contributed by atoms with Crippen molar-refractivity contribution in [2.75, 3.05) is 0 Å². The highest BCUT2D eigenvalue weighted by Crippen LogP contribution is 2.17. The summed E-state index contributed by atoms with van der Waals surface area (Å²) in [6, 6.07) is 5.00. The number of benzene rings is 1. The Labute approximate surface area is 101 Å². The summed E-state index contributed by atoms with van der Waals surface area (Å²) in [4.78, 5) is 26.5. The molecular weight excluding hydrogens is 244 g/mol. The summed E-state index contributed by atoms with van der Waals surface area (Å²) < 4.78 is 1.25. The van der Waals surface area contributed by atoms with Gasteiger partial charge in [0.05, 0.1) is 28.7 Å². The summed E-state index contributed by atoms with van der Waals surface area (Å²) in [5.41, 5.74) is 0.191. The van der Waals surface area contributed by atoms with E-state index in [0.29, 0.717) is 15.9 Å². The molecule has 0 saturated heterocycles. The fraction of sp³-hybridized carbons (Fsp3) is 0.182. The van der Waals surface area contributed by atoms with E-state index in [1.165, 1.54) is 10.9 Å². The molecule has 0 saturated carbocycles. The van der Waals surface area contributed by atoms with Crippen LogP contribution in [-0.2, 0) is 11.3 Å². The summed E-state index contributed by atoms with van der Waals surface area (Å²) in [6.45, 7) is 0.0856. The molecule has 5 nitrogen and oxygen atoms in total. The lowest BCUT2D eigenvalue weighted by molar-refractivity contribution is -0.137. The van der Waals surface area contributed by atoms with Crippen LogP contribution in [0.5, 0.6) is 0 Å². The van der Waals surface area contributed by atoms with Crippen LogP contribution in [0, 0.1) is 0 Å². The van der Waals surface area contributed by atoms with Gasteiger partial charge in [-0.25, -0.2) is 4.98 Å². The van der Waals surface area contributed by atoms with Crippen LogP contribution in [0.15, 0.2) is 29.3 Å². The monoisotopic (exact) mass is 252 g/mol. The topological polar surface area (TPSA) is 72.2 Å². The van der Waals surface area contributed by atoms with Crippen LogP contribution in [-0.4, -0.2) is 20.6 Å². The Hall–Kier alpha value is -1.88. The normalized spacial score (nSPS) is 10.6. The van der Waals surface area contributed by atoms with E-state index in [4.69, 9.17) is 16.7 Å². The summed E-state index contributed by atoms with van der Waals surface area (Å²) >= 11 is 5.93. The van der Waals surface area contributed by atoms with E-state index >= 15 is 0 Å². The van der Waals surface area contributed by atoms with Crippen molar-refractivity contribution >= 4 is 28.5 Å². The minimum atomic E-state index is -0.962. The molecule has 0 aliphatic rings. The van der Waals surface area contributed by atoms with E-state index in [1.54, 1.807) is 18.2 Å². The molecule has 0 radical (unpaired) electrons. The number of hydrogen-bond donors (Lipinski definition) is 1. The third-order valence-corrected chi connectivity index (χ3v) is 2.68. The van der Waals surface area contributed by atoms with Crippen molar-refractivity contribution in [3.8, 4) is 0 Å². The van der Waals surface area contributed by atoms with Crippen LogP contribution < -0.4 is 5.56 Å². The molecule has 1 heterocycles. The van der Waals surface area contributed by atoms with Crippen molar-refractivity contribution in [1.29, 1.82) is 0 Å². The van der Waals surface area contributed by atoms with Crippen molar-refractivity contribution < 1.29 is 9.90 Å². The summed E-state index contributed by atoms with van der Waals surface area (Å²) in [6.07, 6.45) is 1.21. The third-order valence-electron chi connectivity index (χ3n) is 2.37. The lowest BCUT2D eigenvalue weighted by Crippen LogP contribution is -2.22. The zero-order chi connectivity index (χ0) is 12.4. The number of rotatable bonds is 3. The van der Waals surface area contributed by atoms with Crippen LogP contribution in [0.25, 0.3) is 10.9 Å². The van der Waals surface area contributed by atoms with E-state index < -0.39 is 5.97 Å². The first-order valence-corrected chi connectivity index (χ1v) is 5.33. The molecule has 0 bridgehead atoms. The Kier molecular flexibility index (Phi) is 3.10. The molecule has 2 aromatic rings. The molecule has 1 N–H and O–H groups in total. The van der Waals surface area contributed by atoms with Crippen LogP contribution in [0.2, 0.25) is 5.02 Å². The van der Waals surface area contributed by atoms with Crippen molar-refractivity contribution in [3.05, 3.63) is 39.9 Å². The molecule has 6 heteroatoms. The average molecular weight is 253 g/mol. The molecule has 17 heavy (non-hydrogen) atoms. The number of fused-ring (bicyclic) bond motifs is 1. The molecule has 2 rings (SSSR count). The van der Waals surface area contributed by atoms with Crippen molar-refractivity contribution in [3.63, 3.8) is 0 Å². The van der Waals surface area contributed by atoms with Gasteiger partial charge in [0, 0.05) is 6.54 Å². The SMILES string of the molecule is O=C(O)CCn1cnc2cccc(Cl)c2c1=O. The lowest BCUT2D eigenvalue weighted by atomic mass is 10.2. The zero-order valence-electron chi connectivity index (χ0n) is 8.76. The third kappa shape index (κ3) is 2.29. The van der Waals surface area contributed by atoms with Gasteiger partial charge in [-0.15, -0.1) is 0 Å². The maximum absolute atomic E-state index is 12.0. The Morgan fingerprint density at radius 3 is 2.94 bits per heavy atom. The molecule has 0 unspecified atom stereocenters. The van der Waals surface area contributed by atoms with Crippen molar-refractivity contribution in [1.82, 2.24) is 9.55 Å². The molecule has 1 aromatic heterocycles. The second kappa shape index (κ2) is 4.55. The van der Waals surface area contributed by atoms with Gasteiger partial charge < -0.3 is 5.11 Å². The van der Waals surface area contributed by atoms with Gasteiger partial charge in [-0.1, -0.05) is 17.7 Å². The highest BCUT2D eigenvalue weighted by Gasteiger charge is 2.08. The zero-order valence-corrected chi connectivity index (χ0v) is 9.52. The first kappa shape index (κ1) is 11.6. The van der Waals surface area contributed by atoms with Crippen molar-refractivity contribution in [2.24, 2.45) is 0 Å². The Morgan fingerprint density at radius 2 is 2.24 bits per heavy atom. The Morgan fingerprint density at radius 1 is 1.47 bits per heavy atom. The first-order valence-electron chi connectivity index (χ1n) is 4.95. The van der Waals surface area contributed by atoms with Gasteiger partial charge in [0.1, 0.15) is 0 Å². The van der Waals surface area contributed by atoms with Crippen molar-refractivity contribution in [2.45, 2.75) is 13.0 Å². The predicted molar refractivity (Wildman–Crippen MR) is 63.3 cm³/mol. The van der Waals surface area contributed by atoms with Gasteiger partial charge in [-0.2, -0.15) is 0 Å². The van der Waals surface area contributed by atoms with E-state index in [-0.39, 0.29) is 18.5 Å².